The van der Waals surface area contributed by atoms with Crippen molar-refractivity contribution in [2.75, 3.05) is 26.7 Å². The van der Waals surface area contributed by atoms with Crippen LogP contribution in [0.25, 0.3) is 10.8 Å². The molecule has 2 fully saturated rings. The Hall–Kier alpha value is -2.25. The van der Waals surface area contributed by atoms with E-state index in [0.717, 1.165) is 19.4 Å². The topological polar surface area (TPSA) is 78.5 Å². The summed E-state index contributed by atoms with van der Waals surface area (Å²) >= 11 is 0. The number of ether oxygens (including phenoxy) is 1. The summed E-state index contributed by atoms with van der Waals surface area (Å²) in [5, 5.41) is 7.64. The molecule has 1 aromatic carbocycles. The zero-order valence-corrected chi connectivity index (χ0v) is 16.7. The van der Waals surface area contributed by atoms with Gasteiger partial charge in [-0.1, -0.05) is 18.2 Å². The van der Waals surface area contributed by atoms with Crippen molar-refractivity contribution in [2.45, 2.75) is 44.9 Å². The first-order valence-corrected chi connectivity index (χ1v) is 10.1. The second kappa shape index (κ2) is 7.64. The standard InChI is InChI=1S/C21H28N4O3/c1-13(2)25-12-17(28-3)19(25)14-8-10-24(11-9-14)21(27)18-15-6-4-5-7-16(15)20(26)23-22-18/h4-7,13-14,17,19H,8-12H2,1-3H3,(H,23,26)/t17-,19-/m0/s1. The zero-order valence-electron chi connectivity index (χ0n) is 16.7. The Balaban J connectivity index is 1.48. The van der Waals surface area contributed by atoms with Crippen LogP contribution >= 0.6 is 0 Å². The van der Waals surface area contributed by atoms with Crippen LogP contribution in [0.1, 0.15) is 37.2 Å². The van der Waals surface area contributed by atoms with Gasteiger partial charge in [0.05, 0.1) is 11.5 Å². The molecule has 2 atom stereocenters. The first kappa shape index (κ1) is 19.1. The number of hydrogen-bond acceptors (Lipinski definition) is 5. The average molecular weight is 384 g/mol. The molecular formula is C21H28N4O3. The van der Waals surface area contributed by atoms with E-state index in [1.807, 2.05) is 11.0 Å². The van der Waals surface area contributed by atoms with Crippen LogP contribution in [0.15, 0.2) is 29.1 Å². The van der Waals surface area contributed by atoms with Crippen molar-refractivity contribution in [3.63, 3.8) is 0 Å². The lowest BCUT2D eigenvalue weighted by atomic mass is 9.79. The minimum Gasteiger partial charge on any atom is -0.378 e. The first-order chi connectivity index (χ1) is 13.5. The summed E-state index contributed by atoms with van der Waals surface area (Å²) in [6.07, 6.45) is 2.21. The number of nitrogens with one attached hydrogen (secondary N) is 1. The van der Waals surface area contributed by atoms with Crippen molar-refractivity contribution in [3.05, 3.63) is 40.3 Å². The van der Waals surface area contributed by atoms with Crippen LogP contribution in [0.2, 0.25) is 0 Å². The third-order valence-electron chi connectivity index (χ3n) is 6.33. The molecule has 0 bridgehead atoms. The van der Waals surface area contributed by atoms with Gasteiger partial charge >= 0.3 is 0 Å². The van der Waals surface area contributed by atoms with E-state index in [4.69, 9.17) is 4.74 Å². The molecule has 0 saturated carbocycles. The third kappa shape index (κ3) is 3.22. The number of benzene rings is 1. The number of likely N-dealkylation sites (tertiary alicyclic amines) is 2. The number of carbonyl (C=O) groups is 1. The van der Waals surface area contributed by atoms with E-state index in [0.29, 0.717) is 53.7 Å². The van der Waals surface area contributed by atoms with Crippen LogP contribution in [0.4, 0.5) is 0 Å². The number of aromatic amines is 1. The average Bonchev–Trinajstić information content (AvgIpc) is 2.68. The predicted octanol–water partition coefficient (Wildman–Crippen LogP) is 1.88. The second-order valence-electron chi connectivity index (χ2n) is 8.13. The van der Waals surface area contributed by atoms with Crippen molar-refractivity contribution in [1.29, 1.82) is 0 Å². The normalized spacial score (nSPS) is 23.9. The third-order valence-corrected chi connectivity index (χ3v) is 6.33. The lowest BCUT2D eigenvalue weighted by molar-refractivity contribution is -0.128. The fourth-order valence-corrected chi connectivity index (χ4v) is 4.73. The number of fused-ring (bicyclic) bond motifs is 1. The van der Waals surface area contributed by atoms with Gasteiger partial charge in [0.2, 0.25) is 0 Å². The summed E-state index contributed by atoms with van der Waals surface area (Å²) in [4.78, 5) is 29.4. The Morgan fingerprint density at radius 3 is 2.54 bits per heavy atom. The molecule has 2 aliphatic heterocycles. The number of aromatic nitrogens is 2. The minimum absolute atomic E-state index is 0.108. The molecule has 0 unspecified atom stereocenters. The lowest BCUT2D eigenvalue weighted by Crippen LogP contribution is -2.66. The second-order valence-corrected chi connectivity index (χ2v) is 8.13. The summed E-state index contributed by atoms with van der Waals surface area (Å²) in [5.41, 5.74) is 0.0612. The lowest BCUT2D eigenvalue weighted by Gasteiger charge is -2.54. The highest BCUT2D eigenvalue weighted by Crippen LogP contribution is 2.35. The number of hydrogen-bond donors (Lipinski definition) is 1. The van der Waals surface area contributed by atoms with E-state index >= 15 is 0 Å². The maximum Gasteiger partial charge on any atom is 0.274 e. The number of H-pyrrole nitrogens is 1. The van der Waals surface area contributed by atoms with E-state index in [2.05, 4.69) is 28.9 Å². The smallest absolute Gasteiger partial charge is 0.274 e. The van der Waals surface area contributed by atoms with Gasteiger partial charge in [-0.15, -0.1) is 0 Å². The molecule has 4 rings (SSSR count). The number of nitrogens with zero attached hydrogens (tertiary/aromatic N) is 3. The quantitative estimate of drug-likeness (QED) is 0.871. The molecule has 2 aliphatic rings. The van der Waals surface area contributed by atoms with Crippen LogP contribution < -0.4 is 5.56 Å². The molecule has 2 aromatic rings. The van der Waals surface area contributed by atoms with Gasteiger partial charge in [0.1, 0.15) is 0 Å². The van der Waals surface area contributed by atoms with E-state index < -0.39 is 0 Å². The number of rotatable bonds is 4. The summed E-state index contributed by atoms with van der Waals surface area (Å²) in [6, 6.07) is 8.08. The van der Waals surface area contributed by atoms with Gasteiger partial charge in [0, 0.05) is 44.2 Å². The number of amides is 1. The van der Waals surface area contributed by atoms with Gasteiger partial charge < -0.3 is 9.64 Å². The number of carbonyl (C=O) groups excluding carboxylic acids is 1. The Labute approximate surface area is 164 Å². The van der Waals surface area contributed by atoms with Crippen molar-refractivity contribution in [3.8, 4) is 0 Å². The zero-order chi connectivity index (χ0) is 19.8. The van der Waals surface area contributed by atoms with Gasteiger partial charge in [0.15, 0.2) is 5.69 Å². The molecule has 0 spiro atoms. The first-order valence-electron chi connectivity index (χ1n) is 10.1. The Bertz CT molecular complexity index is 917. The minimum atomic E-state index is -0.268. The fraction of sp³-hybridized carbons (Fsp3) is 0.571. The van der Waals surface area contributed by atoms with Gasteiger partial charge in [-0.3, -0.25) is 14.5 Å². The van der Waals surface area contributed by atoms with Crippen molar-refractivity contribution in [2.24, 2.45) is 5.92 Å². The van der Waals surface area contributed by atoms with Crippen LogP contribution in [0.5, 0.6) is 0 Å². The number of piperidine rings is 1. The van der Waals surface area contributed by atoms with Crippen LogP contribution in [-0.2, 0) is 4.74 Å². The maximum absolute atomic E-state index is 13.1. The molecular weight excluding hydrogens is 356 g/mol. The van der Waals surface area contributed by atoms with Crippen molar-refractivity contribution in [1.82, 2.24) is 20.0 Å². The highest BCUT2D eigenvalue weighted by Gasteiger charge is 2.46. The Morgan fingerprint density at radius 1 is 1.21 bits per heavy atom. The molecule has 0 radical (unpaired) electrons. The molecule has 1 N–H and O–H groups in total. The van der Waals surface area contributed by atoms with E-state index in [1.165, 1.54) is 0 Å². The molecule has 0 aliphatic carbocycles. The highest BCUT2D eigenvalue weighted by atomic mass is 16.5. The Kier molecular flexibility index (Phi) is 5.21. The number of methoxy groups -OCH3 is 1. The highest BCUT2D eigenvalue weighted by molar-refractivity contribution is 6.04. The largest absolute Gasteiger partial charge is 0.378 e. The van der Waals surface area contributed by atoms with Crippen LogP contribution in [0.3, 0.4) is 0 Å². The summed E-state index contributed by atoms with van der Waals surface area (Å²) in [5.74, 6) is 0.425. The monoisotopic (exact) mass is 384 g/mol. The molecule has 150 valence electrons. The van der Waals surface area contributed by atoms with Gasteiger partial charge in [-0.25, -0.2) is 5.10 Å². The van der Waals surface area contributed by atoms with E-state index in [1.54, 1.807) is 25.3 Å². The summed E-state index contributed by atoms with van der Waals surface area (Å²) in [7, 11) is 1.79. The molecule has 28 heavy (non-hydrogen) atoms. The Morgan fingerprint density at radius 2 is 1.89 bits per heavy atom. The molecule has 1 amide bonds. The summed E-state index contributed by atoms with van der Waals surface area (Å²) < 4.78 is 5.67. The van der Waals surface area contributed by atoms with Crippen molar-refractivity contribution < 1.29 is 9.53 Å². The fourth-order valence-electron chi connectivity index (χ4n) is 4.73. The molecule has 2 saturated heterocycles. The molecule has 3 heterocycles. The maximum atomic E-state index is 13.1. The van der Waals surface area contributed by atoms with Crippen LogP contribution in [0, 0.1) is 5.92 Å². The van der Waals surface area contributed by atoms with E-state index in [-0.39, 0.29) is 11.5 Å². The summed E-state index contributed by atoms with van der Waals surface area (Å²) in [6.45, 7) is 6.86. The predicted molar refractivity (Wildman–Crippen MR) is 107 cm³/mol. The van der Waals surface area contributed by atoms with Gasteiger partial charge in [0.25, 0.3) is 11.5 Å². The van der Waals surface area contributed by atoms with Gasteiger partial charge in [-0.05, 0) is 38.7 Å². The SMILES string of the molecule is CO[C@H]1CN(C(C)C)[C@H]1C1CCN(C(=O)c2n[nH]c(=O)c3ccccc23)CC1. The van der Waals surface area contributed by atoms with Crippen molar-refractivity contribution >= 4 is 16.7 Å². The van der Waals surface area contributed by atoms with E-state index in [9.17, 15) is 9.59 Å². The molecule has 1 aromatic heterocycles. The van der Waals surface area contributed by atoms with Gasteiger partial charge in [-0.2, -0.15) is 5.10 Å². The molecule has 7 heteroatoms. The molecule has 7 nitrogen and oxygen atoms in total. The van der Waals surface area contributed by atoms with Crippen LogP contribution in [-0.4, -0.2) is 70.8 Å².